The van der Waals surface area contributed by atoms with Crippen LogP contribution in [-0.2, 0) is 4.79 Å². The van der Waals surface area contributed by atoms with Crippen LogP contribution in [0.25, 0.3) is 0 Å². The number of rotatable bonds is 1. The van der Waals surface area contributed by atoms with Crippen molar-refractivity contribution in [3.05, 3.63) is 0 Å². The predicted octanol–water partition coefficient (Wildman–Crippen LogP) is 5.23. The van der Waals surface area contributed by atoms with Crippen LogP contribution in [0.1, 0.15) is 85.0 Å². The van der Waals surface area contributed by atoms with E-state index < -0.39 is 5.60 Å². The van der Waals surface area contributed by atoms with Crippen molar-refractivity contribution in [1.29, 1.82) is 0 Å². The number of hydrogen-bond donors (Lipinski definition) is 1. The summed E-state index contributed by atoms with van der Waals surface area (Å²) in [6, 6.07) is 0. The molecule has 4 aliphatic rings. The van der Waals surface area contributed by atoms with Gasteiger partial charge in [0, 0.05) is 5.92 Å². The number of carbonyl (C=O) groups excluding carboxylic acids is 1. The zero-order chi connectivity index (χ0) is 17.8. The maximum atomic E-state index is 12.3. The first-order valence-electron chi connectivity index (χ1n) is 11.1. The molecule has 0 heterocycles. The van der Waals surface area contributed by atoms with E-state index in [0.717, 1.165) is 48.9 Å². The molecule has 0 aromatic carbocycles. The van der Waals surface area contributed by atoms with Crippen LogP contribution in [0, 0.1) is 47.3 Å². The molecule has 0 amide bonds. The van der Waals surface area contributed by atoms with Crippen molar-refractivity contribution in [1.82, 2.24) is 0 Å². The lowest BCUT2D eigenvalue weighted by Gasteiger charge is -2.56. The van der Waals surface area contributed by atoms with Crippen LogP contribution in [0.2, 0.25) is 0 Å². The zero-order valence-electron chi connectivity index (χ0n) is 16.5. The van der Waals surface area contributed by atoms with Crippen molar-refractivity contribution in [3.63, 3.8) is 0 Å². The Morgan fingerprint density at radius 2 is 1.72 bits per heavy atom. The molecule has 4 rings (SSSR count). The maximum Gasteiger partial charge on any atom is 0.133 e. The topological polar surface area (TPSA) is 37.3 Å². The quantitative estimate of drug-likeness (QED) is 0.706. The highest BCUT2D eigenvalue weighted by Gasteiger charge is 2.53. The lowest BCUT2D eigenvalue weighted by atomic mass is 9.48. The highest BCUT2D eigenvalue weighted by Crippen LogP contribution is 2.59. The first kappa shape index (κ1) is 18.0. The summed E-state index contributed by atoms with van der Waals surface area (Å²) in [6.45, 7) is 6.36. The van der Waals surface area contributed by atoms with Gasteiger partial charge in [0.25, 0.3) is 0 Å². The van der Waals surface area contributed by atoms with Gasteiger partial charge in [-0.3, -0.25) is 4.79 Å². The molecule has 0 aliphatic heterocycles. The van der Waals surface area contributed by atoms with E-state index in [0.29, 0.717) is 23.5 Å². The summed E-state index contributed by atoms with van der Waals surface area (Å²) >= 11 is 0. The first-order chi connectivity index (χ1) is 11.9. The van der Waals surface area contributed by atoms with E-state index in [1.54, 1.807) is 0 Å². The molecule has 0 aromatic rings. The van der Waals surface area contributed by atoms with Crippen molar-refractivity contribution >= 4 is 5.78 Å². The third-order valence-electron chi connectivity index (χ3n) is 8.92. The zero-order valence-corrected chi connectivity index (χ0v) is 16.5. The van der Waals surface area contributed by atoms with E-state index in [4.69, 9.17) is 0 Å². The summed E-state index contributed by atoms with van der Waals surface area (Å²) in [5, 5.41) is 10.7. The van der Waals surface area contributed by atoms with E-state index >= 15 is 0 Å². The minimum Gasteiger partial charge on any atom is -0.390 e. The Morgan fingerprint density at radius 3 is 2.48 bits per heavy atom. The molecular formula is C23H38O2. The van der Waals surface area contributed by atoms with E-state index in [-0.39, 0.29) is 0 Å². The minimum absolute atomic E-state index is 0.349. The van der Waals surface area contributed by atoms with E-state index in [1.807, 2.05) is 6.92 Å². The molecule has 2 heteroatoms. The predicted molar refractivity (Wildman–Crippen MR) is 101 cm³/mol. The fourth-order valence-electron chi connectivity index (χ4n) is 8.11. The molecule has 4 fully saturated rings. The van der Waals surface area contributed by atoms with Crippen molar-refractivity contribution < 1.29 is 9.90 Å². The Balaban J connectivity index is 1.58. The van der Waals surface area contributed by atoms with Gasteiger partial charge in [-0.15, -0.1) is 0 Å². The van der Waals surface area contributed by atoms with E-state index in [9.17, 15) is 9.90 Å². The van der Waals surface area contributed by atoms with Gasteiger partial charge < -0.3 is 5.11 Å². The summed E-state index contributed by atoms with van der Waals surface area (Å²) < 4.78 is 0. The third kappa shape index (κ3) is 3.22. The second-order valence-electron chi connectivity index (χ2n) is 10.5. The van der Waals surface area contributed by atoms with E-state index in [1.165, 1.54) is 44.9 Å². The molecular weight excluding hydrogens is 308 g/mol. The standard InChI is InChI=1S/C23H38O2/c1-14-12-21-18-8-5-11-23(3,25)13-16(18)9-10-19(21)20-7-4-6-17(15(2)24)22(14)20/h14,16-22,25H,4-13H2,1-3H3/t14?,16-,17-,18+,19+,20+,21-,22-,23-/m1/s1. The average molecular weight is 347 g/mol. The van der Waals surface area contributed by atoms with Crippen LogP contribution >= 0.6 is 0 Å². The van der Waals surface area contributed by atoms with Crippen LogP contribution in [0.5, 0.6) is 0 Å². The molecule has 25 heavy (non-hydrogen) atoms. The molecule has 4 aliphatic carbocycles. The summed E-state index contributed by atoms with van der Waals surface area (Å²) in [5.74, 6) is 6.31. The molecule has 0 radical (unpaired) electrons. The average Bonchev–Trinajstić information content (AvgIpc) is 2.71. The largest absolute Gasteiger partial charge is 0.390 e. The third-order valence-corrected chi connectivity index (χ3v) is 8.92. The Morgan fingerprint density at radius 1 is 0.960 bits per heavy atom. The van der Waals surface area contributed by atoms with Crippen LogP contribution in [-0.4, -0.2) is 16.5 Å². The monoisotopic (exact) mass is 346 g/mol. The number of fused-ring (bicyclic) bond motifs is 5. The Hall–Kier alpha value is -0.370. The molecule has 4 saturated carbocycles. The summed E-state index contributed by atoms with van der Waals surface area (Å²) in [6.07, 6.45) is 12.4. The maximum absolute atomic E-state index is 12.3. The number of Topliss-reactive ketones (excluding diaryl/α,β-unsaturated/α-hetero) is 1. The minimum atomic E-state index is -0.431. The molecule has 9 atom stereocenters. The molecule has 0 bridgehead atoms. The smallest absolute Gasteiger partial charge is 0.133 e. The highest BCUT2D eigenvalue weighted by molar-refractivity contribution is 5.78. The Kier molecular flexibility index (Phi) is 4.80. The van der Waals surface area contributed by atoms with Gasteiger partial charge in [0.1, 0.15) is 5.78 Å². The molecule has 2 nitrogen and oxygen atoms in total. The normalized spacial score (nSPS) is 53.1. The van der Waals surface area contributed by atoms with Gasteiger partial charge in [0.15, 0.2) is 0 Å². The van der Waals surface area contributed by atoms with Gasteiger partial charge in [-0.1, -0.05) is 19.8 Å². The molecule has 0 saturated heterocycles. The van der Waals surface area contributed by atoms with E-state index in [2.05, 4.69) is 13.8 Å². The SMILES string of the molecule is CC(=O)[C@H]1CCC[C@H]2[C@@H]3CC[C@@H]4C[C@](C)(O)CCC[C@@H]4[C@H]3CC(C)[C@@H]21. The van der Waals surface area contributed by atoms with Crippen LogP contribution < -0.4 is 0 Å². The summed E-state index contributed by atoms with van der Waals surface area (Å²) in [7, 11) is 0. The van der Waals surface area contributed by atoms with Gasteiger partial charge in [-0.05, 0) is 107 Å². The molecule has 0 aromatic heterocycles. The fourth-order valence-corrected chi connectivity index (χ4v) is 8.11. The van der Waals surface area contributed by atoms with Crippen LogP contribution in [0.15, 0.2) is 0 Å². The highest BCUT2D eigenvalue weighted by atomic mass is 16.3. The lowest BCUT2D eigenvalue weighted by Crippen LogP contribution is -2.51. The van der Waals surface area contributed by atoms with Crippen molar-refractivity contribution in [3.8, 4) is 0 Å². The fraction of sp³-hybridized carbons (Fsp3) is 0.957. The van der Waals surface area contributed by atoms with Crippen molar-refractivity contribution in [2.75, 3.05) is 0 Å². The van der Waals surface area contributed by atoms with Crippen molar-refractivity contribution in [2.24, 2.45) is 47.3 Å². The van der Waals surface area contributed by atoms with Gasteiger partial charge >= 0.3 is 0 Å². The van der Waals surface area contributed by atoms with Crippen molar-refractivity contribution in [2.45, 2.75) is 90.6 Å². The number of carbonyl (C=O) groups is 1. The first-order valence-corrected chi connectivity index (χ1v) is 11.1. The molecule has 1 unspecified atom stereocenters. The van der Waals surface area contributed by atoms with Crippen LogP contribution in [0.4, 0.5) is 0 Å². The van der Waals surface area contributed by atoms with Crippen LogP contribution in [0.3, 0.4) is 0 Å². The summed E-state index contributed by atoms with van der Waals surface area (Å²) in [4.78, 5) is 12.3. The number of ketones is 1. The lowest BCUT2D eigenvalue weighted by molar-refractivity contribution is -0.132. The number of hydrogen-bond acceptors (Lipinski definition) is 2. The second kappa shape index (κ2) is 6.66. The Bertz CT molecular complexity index is 510. The Labute approximate surface area is 154 Å². The molecule has 0 spiro atoms. The summed E-state index contributed by atoms with van der Waals surface area (Å²) in [5.41, 5.74) is -0.431. The van der Waals surface area contributed by atoms with Gasteiger partial charge in [-0.25, -0.2) is 0 Å². The molecule has 142 valence electrons. The number of aliphatic hydroxyl groups is 1. The van der Waals surface area contributed by atoms with Gasteiger partial charge in [0.2, 0.25) is 0 Å². The van der Waals surface area contributed by atoms with Gasteiger partial charge in [-0.2, -0.15) is 0 Å². The van der Waals surface area contributed by atoms with Gasteiger partial charge in [0.05, 0.1) is 5.60 Å². The molecule has 1 N–H and O–H groups in total. The second-order valence-corrected chi connectivity index (χ2v) is 10.5.